The van der Waals surface area contributed by atoms with Gasteiger partial charge in [-0.1, -0.05) is 6.58 Å². The highest BCUT2D eigenvalue weighted by atomic mass is 28.4. The van der Waals surface area contributed by atoms with Gasteiger partial charge in [0.1, 0.15) is 6.10 Å². The topological polar surface area (TPSA) is 36.9 Å². The van der Waals surface area contributed by atoms with E-state index in [9.17, 15) is 13.2 Å². The van der Waals surface area contributed by atoms with Gasteiger partial charge in [0.2, 0.25) is 0 Å². The molecule has 0 radical (unpaired) electrons. The minimum absolute atomic E-state index is 0.0257. The van der Waals surface area contributed by atoms with E-state index in [0.717, 1.165) is 7.11 Å². The third kappa shape index (κ3) is 4.07. The summed E-state index contributed by atoms with van der Waals surface area (Å²) >= 11 is 0. The summed E-state index contributed by atoms with van der Waals surface area (Å²) in [6, 6.07) is 0. The van der Waals surface area contributed by atoms with E-state index in [0.29, 0.717) is 0 Å². The van der Waals surface area contributed by atoms with Crippen molar-refractivity contribution >= 4 is 8.32 Å². The van der Waals surface area contributed by atoms with E-state index in [1.165, 1.54) is 0 Å². The number of rotatable bonds is 5. The van der Waals surface area contributed by atoms with Crippen LogP contribution in [0.25, 0.3) is 0 Å². The molecule has 0 spiro atoms. The monoisotopic (exact) mass is 328 g/mol. The molecular weight excluding hydrogens is 305 g/mol. The largest absolute Gasteiger partial charge is 0.446 e. The first-order chi connectivity index (χ1) is 9.24. The molecule has 21 heavy (non-hydrogen) atoms. The quantitative estimate of drug-likeness (QED) is 0.440. The third-order valence-corrected chi connectivity index (χ3v) is 3.83. The van der Waals surface area contributed by atoms with Crippen LogP contribution in [-0.2, 0) is 18.6 Å². The van der Waals surface area contributed by atoms with Gasteiger partial charge in [0.25, 0.3) is 5.79 Å². The zero-order chi connectivity index (χ0) is 16.7. The summed E-state index contributed by atoms with van der Waals surface area (Å²) in [5, 5.41) is 0. The molecule has 0 saturated carbocycles. The average Bonchev–Trinajstić information content (AvgIpc) is 2.62. The Kier molecular flexibility index (Phi) is 5.02. The van der Waals surface area contributed by atoms with Crippen LogP contribution in [0.2, 0.25) is 19.6 Å². The highest BCUT2D eigenvalue weighted by Crippen LogP contribution is 2.44. The molecule has 1 aliphatic heterocycles. The molecule has 1 heterocycles. The van der Waals surface area contributed by atoms with Crippen molar-refractivity contribution in [2.75, 3.05) is 13.7 Å². The molecule has 1 rings (SSSR count). The molecule has 0 amide bonds. The number of halogens is 3. The predicted molar refractivity (Wildman–Crippen MR) is 74.3 cm³/mol. The number of hydrogen-bond donors (Lipinski definition) is 0. The van der Waals surface area contributed by atoms with Crippen LogP contribution in [-0.4, -0.2) is 45.9 Å². The van der Waals surface area contributed by atoms with Crippen LogP contribution in [0.5, 0.6) is 0 Å². The molecule has 4 nitrogen and oxygen atoms in total. The minimum atomic E-state index is -4.77. The molecular formula is C13H23F3O4Si. The van der Waals surface area contributed by atoms with Crippen LogP contribution in [0.1, 0.15) is 13.8 Å². The van der Waals surface area contributed by atoms with Crippen molar-refractivity contribution in [3.05, 3.63) is 12.2 Å². The molecule has 2 atom stereocenters. The Hall–Kier alpha value is -0.413. The fourth-order valence-electron chi connectivity index (χ4n) is 2.10. The van der Waals surface area contributed by atoms with Crippen LogP contribution in [0.15, 0.2) is 12.2 Å². The summed E-state index contributed by atoms with van der Waals surface area (Å²) in [5.74, 6) is -3.84. The average molecular weight is 328 g/mol. The Bertz CT molecular complexity index is 403. The number of hydrogen-bond acceptors (Lipinski definition) is 4. The molecule has 0 aliphatic carbocycles. The van der Waals surface area contributed by atoms with E-state index < -0.39 is 32.2 Å². The van der Waals surface area contributed by atoms with Gasteiger partial charge < -0.3 is 18.6 Å². The van der Waals surface area contributed by atoms with Crippen LogP contribution in [0, 0.1) is 0 Å². The Morgan fingerprint density at radius 2 is 1.81 bits per heavy atom. The van der Waals surface area contributed by atoms with Gasteiger partial charge in [0.15, 0.2) is 14.1 Å². The first-order valence-corrected chi connectivity index (χ1v) is 9.98. The van der Waals surface area contributed by atoms with E-state index in [1.807, 2.05) is 0 Å². The molecule has 0 N–H and O–H groups in total. The van der Waals surface area contributed by atoms with Gasteiger partial charge >= 0.3 is 6.18 Å². The molecule has 0 bridgehead atoms. The molecule has 1 fully saturated rings. The third-order valence-electron chi connectivity index (χ3n) is 2.93. The van der Waals surface area contributed by atoms with Gasteiger partial charge in [-0.2, -0.15) is 13.2 Å². The van der Waals surface area contributed by atoms with Gasteiger partial charge in [-0.05, 0) is 33.5 Å². The smallest absolute Gasteiger partial charge is 0.381 e. The Balaban J connectivity index is 3.15. The lowest BCUT2D eigenvalue weighted by Gasteiger charge is -2.41. The SMILES string of the molecule is C=C([C@@H]1COC(C)(C)O1)C(OC)(O[Si](C)(C)C)C(F)(F)F. The molecule has 0 aromatic rings. The Labute approximate surface area is 124 Å². The van der Waals surface area contributed by atoms with E-state index in [4.69, 9.17) is 18.6 Å². The molecule has 8 heteroatoms. The number of alkyl halides is 3. The maximum atomic E-state index is 13.6. The van der Waals surface area contributed by atoms with Gasteiger partial charge in [-0.3, -0.25) is 0 Å². The van der Waals surface area contributed by atoms with Gasteiger partial charge in [0.05, 0.1) is 6.61 Å². The second-order valence-electron chi connectivity index (χ2n) is 6.38. The van der Waals surface area contributed by atoms with Crippen molar-refractivity contribution in [3.63, 3.8) is 0 Å². The van der Waals surface area contributed by atoms with Gasteiger partial charge in [-0.15, -0.1) is 0 Å². The molecule has 1 unspecified atom stereocenters. The first kappa shape index (κ1) is 18.6. The van der Waals surface area contributed by atoms with E-state index in [1.54, 1.807) is 33.5 Å². The van der Waals surface area contributed by atoms with Crippen molar-refractivity contribution in [3.8, 4) is 0 Å². The number of methoxy groups -OCH3 is 1. The zero-order valence-electron chi connectivity index (χ0n) is 13.3. The van der Waals surface area contributed by atoms with Crippen molar-refractivity contribution < 1.29 is 31.8 Å². The fraction of sp³-hybridized carbons (Fsp3) is 0.846. The molecule has 124 valence electrons. The van der Waals surface area contributed by atoms with Crippen molar-refractivity contribution in [2.45, 2.75) is 57.3 Å². The van der Waals surface area contributed by atoms with Crippen LogP contribution < -0.4 is 0 Å². The fourth-order valence-corrected chi connectivity index (χ4v) is 3.29. The summed E-state index contributed by atoms with van der Waals surface area (Å²) in [6.07, 6.45) is -5.72. The summed E-state index contributed by atoms with van der Waals surface area (Å²) in [6.45, 7) is 11.7. The van der Waals surface area contributed by atoms with Crippen LogP contribution >= 0.6 is 0 Å². The van der Waals surface area contributed by atoms with Crippen molar-refractivity contribution in [1.29, 1.82) is 0 Å². The molecule has 1 saturated heterocycles. The minimum Gasteiger partial charge on any atom is -0.381 e. The Morgan fingerprint density at radius 3 is 2.10 bits per heavy atom. The predicted octanol–water partition coefficient (Wildman–Crippen LogP) is 3.45. The number of ether oxygens (including phenoxy) is 3. The summed E-state index contributed by atoms with van der Waals surface area (Å²) in [7, 11) is -1.62. The summed E-state index contributed by atoms with van der Waals surface area (Å²) in [4.78, 5) is 0. The lowest BCUT2D eigenvalue weighted by atomic mass is 10.0. The van der Waals surface area contributed by atoms with E-state index in [-0.39, 0.29) is 12.2 Å². The Morgan fingerprint density at radius 1 is 1.29 bits per heavy atom. The zero-order valence-corrected chi connectivity index (χ0v) is 14.3. The van der Waals surface area contributed by atoms with E-state index >= 15 is 0 Å². The lowest BCUT2D eigenvalue weighted by Crippen LogP contribution is -2.57. The summed E-state index contributed by atoms with van der Waals surface area (Å²) in [5.41, 5.74) is -0.328. The second kappa shape index (κ2) is 5.66. The van der Waals surface area contributed by atoms with Crippen molar-refractivity contribution in [1.82, 2.24) is 0 Å². The molecule has 1 aliphatic rings. The highest BCUT2D eigenvalue weighted by Gasteiger charge is 2.63. The van der Waals surface area contributed by atoms with Gasteiger partial charge in [0, 0.05) is 12.7 Å². The first-order valence-electron chi connectivity index (χ1n) is 6.57. The molecule has 0 aromatic heterocycles. The summed E-state index contributed by atoms with van der Waals surface area (Å²) < 4.78 is 61.7. The maximum absolute atomic E-state index is 13.6. The van der Waals surface area contributed by atoms with Gasteiger partial charge in [-0.25, -0.2) is 0 Å². The lowest BCUT2D eigenvalue weighted by molar-refractivity contribution is -0.333. The highest BCUT2D eigenvalue weighted by molar-refractivity contribution is 6.69. The van der Waals surface area contributed by atoms with Crippen molar-refractivity contribution in [2.24, 2.45) is 0 Å². The second-order valence-corrected chi connectivity index (χ2v) is 10.8. The van der Waals surface area contributed by atoms with E-state index in [2.05, 4.69) is 6.58 Å². The van der Waals surface area contributed by atoms with Crippen LogP contribution in [0.4, 0.5) is 13.2 Å². The van der Waals surface area contributed by atoms with Crippen LogP contribution in [0.3, 0.4) is 0 Å². The maximum Gasteiger partial charge on any atom is 0.446 e. The molecule has 0 aromatic carbocycles. The normalized spacial score (nSPS) is 25.7. The standard InChI is InChI=1S/C13H23F3O4Si/c1-9(10-8-18-11(2,3)19-10)12(17-4,13(14,15)16)20-21(5,6)7/h10H,1,8H2,2-7H3/t10-,12?/m0/s1.